The van der Waals surface area contributed by atoms with Gasteiger partial charge < -0.3 is 15.5 Å². The van der Waals surface area contributed by atoms with Gasteiger partial charge in [0.25, 0.3) is 0 Å². The molecular formula is C22H27N3O2. The maximum atomic E-state index is 12.5. The summed E-state index contributed by atoms with van der Waals surface area (Å²) in [5.74, 6) is -0.151. The van der Waals surface area contributed by atoms with Gasteiger partial charge in [-0.3, -0.25) is 9.59 Å². The molecule has 1 atom stereocenters. The van der Waals surface area contributed by atoms with Crippen LogP contribution < -0.4 is 15.5 Å². The maximum absolute atomic E-state index is 12.5. The van der Waals surface area contributed by atoms with Crippen molar-refractivity contribution in [3.63, 3.8) is 0 Å². The average molecular weight is 365 g/mol. The van der Waals surface area contributed by atoms with Gasteiger partial charge in [0, 0.05) is 43.0 Å². The molecule has 2 amide bonds. The van der Waals surface area contributed by atoms with Crippen molar-refractivity contribution in [1.82, 2.24) is 0 Å². The first kappa shape index (κ1) is 19.0. The molecule has 0 spiro atoms. The van der Waals surface area contributed by atoms with Gasteiger partial charge in [-0.15, -0.1) is 0 Å². The highest BCUT2D eigenvalue weighted by atomic mass is 16.2. The Morgan fingerprint density at radius 2 is 1.93 bits per heavy atom. The lowest BCUT2D eigenvalue weighted by molar-refractivity contribution is -0.116. The van der Waals surface area contributed by atoms with E-state index < -0.39 is 0 Å². The molecule has 1 aliphatic heterocycles. The first-order valence-electron chi connectivity index (χ1n) is 9.46. The van der Waals surface area contributed by atoms with Crippen LogP contribution in [0, 0.1) is 6.92 Å². The number of amides is 2. The van der Waals surface area contributed by atoms with E-state index in [9.17, 15) is 9.59 Å². The number of hydrogen-bond acceptors (Lipinski definition) is 3. The van der Waals surface area contributed by atoms with Crippen molar-refractivity contribution >= 4 is 28.9 Å². The van der Waals surface area contributed by atoms with Gasteiger partial charge in [-0.05, 0) is 56.0 Å². The van der Waals surface area contributed by atoms with Gasteiger partial charge in [0.1, 0.15) is 0 Å². The minimum absolute atomic E-state index is 0.0251. The lowest BCUT2D eigenvalue weighted by Gasteiger charge is -2.37. The monoisotopic (exact) mass is 365 g/mol. The van der Waals surface area contributed by atoms with Gasteiger partial charge in [0.2, 0.25) is 11.8 Å². The number of nitrogens with zero attached hydrogens (tertiary/aromatic N) is 1. The van der Waals surface area contributed by atoms with E-state index in [-0.39, 0.29) is 11.8 Å². The minimum atomic E-state index is -0.126. The molecule has 3 rings (SSSR count). The van der Waals surface area contributed by atoms with Crippen LogP contribution in [0.4, 0.5) is 17.1 Å². The van der Waals surface area contributed by atoms with Crippen LogP contribution in [-0.4, -0.2) is 24.4 Å². The molecule has 0 unspecified atom stereocenters. The maximum Gasteiger partial charge on any atom is 0.226 e. The second kappa shape index (κ2) is 8.25. The lowest BCUT2D eigenvalue weighted by Crippen LogP contribution is -2.39. The summed E-state index contributed by atoms with van der Waals surface area (Å²) in [6.45, 7) is 6.30. The standard InChI is InChI=1S/C22H27N3O2/c1-15-8-11-19(14-20(15)23-17(3)26)24-22(27)12-13-25-16(2)9-10-18-6-4-5-7-21(18)25/h4-8,11,14,16H,9-10,12-13H2,1-3H3,(H,23,26)(H,24,27)/t16-/m1/s1. The second-order valence-corrected chi connectivity index (χ2v) is 7.22. The SMILES string of the molecule is CC(=O)Nc1cc(NC(=O)CCN2c3ccccc3CC[C@H]2C)ccc1C. The summed E-state index contributed by atoms with van der Waals surface area (Å²) in [4.78, 5) is 26.1. The normalized spacial score (nSPS) is 15.8. The fraction of sp³-hybridized carbons (Fsp3) is 0.364. The van der Waals surface area contributed by atoms with Crippen LogP contribution in [0.2, 0.25) is 0 Å². The molecular weight excluding hydrogens is 338 g/mol. The molecule has 5 nitrogen and oxygen atoms in total. The molecule has 2 N–H and O–H groups in total. The summed E-state index contributed by atoms with van der Waals surface area (Å²) in [5.41, 5.74) is 4.98. The Bertz CT molecular complexity index is 847. The zero-order valence-electron chi connectivity index (χ0n) is 16.2. The molecule has 142 valence electrons. The quantitative estimate of drug-likeness (QED) is 0.838. The van der Waals surface area contributed by atoms with E-state index in [1.54, 1.807) is 6.07 Å². The van der Waals surface area contributed by atoms with Crippen molar-refractivity contribution < 1.29 is 9.59 Å². The van der Waals surface area contributed by atoms with Crippen LogP contribution in [-0.2, 0) is 16.0 Å². The van der Waals surface area contributed by atoms with Gasteiger partial charge >= 0.3 is 0 Å². The zero-order chi connectivity index (χ0) is 19.4. The van der Waals surface area contributed by atoms with Crippen molar-refractivity contribution in [2.24, 2.45) is 0 Å². The van der Waals surface area contributed by atoms with E-state index in [0.29, 0.717) is 24.7 Å². The van der Waals surface area contributed by atoms with E-state index in [0.717, 1.165) is 24.1 Å². The number of carbonyl (C=O) groups excluding carboxylic acids is 2. The molecule has 0 saturated carbocycles. The molecule has 1 aliphatic rings. The lowest BCUT2D eigenvalue weighted by atomic mass is 9.96. The van der Waals surface area contributed by atoms with E-state index in [1.807, 2.05) is 19.1 Å². The number of carbonyl (C=O) groups is 2. The number of rotatable bonds is 5. The fourth-order valence-electron chi connectivity index (χ4n) is 3.57. The molecule has 1 heterocycles. The summed E-state index contributed by atoms with van der Waals surface area (Å²) in [6.07, 6.45) is 2.62. The van der Waals surface area contributed by atoms with E-state index >= 15 is 0 Å². The summed E-state index contributed by atoms with van der Waals surface area (Å²) >= 11 is 0. The van der Waals surface area contributed by atoms with Gasteiger partial charge in [-0.2, -0.15) is 0 Å². The molecule has 2 aromatic rings. The van der Waals surface area contributed by atoms with E-state index in [1.165, 1.54) is 18.2 Å². The summed E-state index contributed by atoms with van der Waals surface area (Å²) < 4.78 is 0. The Kier molecular flexibility index (Phi) is 5.79. The van der Waals surface area contributed by atoms with Gasteiger partial charge in [0.15, 0.2) is 0 Å². The average Bonchev–Trinajstić information content (AvgIpc) is 2.63. The van der Waals surface area contributed by atoms with E-state index in [2.05, 4.69) is 46.7 Å². The van der Waals surface area contributed by atoms with Crippen LogP contribution in [0.25, 0.3) is 0 Å². The van der Waals surface area contributed by atoms with Crippen molar-refractivity contribution in [1.29, 1.82) is 0 Å². The van der Waals surface area contributed by atoms with Crippen LogP contribution in [0.5, 0.6) is 0 Å². The van der Waals surface area contributed by atoms with Crippen LogP contribution in [0.3, 0.4) is 0 Å². The Hall–Kier alpha value is -2.82. The molecule has 27 heavy (non-hydrogen) atoms. The molecule has 0 fully saturated rings. The summed E-state index contributed by atoms with van der Waals surface area (Å²) in [5, 5.41) is 5.73. The predicted molar refractivity (Wildman–Crippen MR) is 110 cm³/mol. The highest BCUT2D eigenvalue weighted by molar-refractivity contribution is 5.94. The van der Waals surface area contributed by atoms with Crippen molar-refractivity contribution in [3.05, 3.63) is 53.6 Å². The Balaban J connectivity index is 1.63. The molecule has 0 saturated heterocycles. The van der Waals surface area contributed by atoms with E-state index in [4.69, 9.17) is 0 Å². The third kappa shape index (κ3) is 4.67. The van der Waals surface area contributed by atoms with Crippen LogP contribution >= 0.6 is 0 Å². The largest absolute Gasteiger partial charge is 0.368 e. The number of nitrogens with one attached hydrogen (secondary N) is 2. The molecule has 0 radical (unpaired) electrons. The first-order valence-corrected chi connectivity index (χ1v) is 9.46. The number of hydrogen-bond donors (Lipinski definition) is 2. The number of anilines is 3. The smallest absolute Gasteiger partial charge is 0.226 e. The van der Waals surface area contributed by atoms with Crippen LogP contribution in [0.15, 0.2) is 42.5 Å². The molecule has 2 aromatic carbocycles. The zero-order valence-corrected chi connectivity index (χ0v) is 16.2. The molecule has 5 heteroatoms. The number of fused-ring (bicyclic) bond motifs is 1. The van der Waals surface area contributed by atoms with Crippen LogP contribution in [0.1, 0.15) is 37.8 Å². The Morgan fingerprint density at radius 1 is 1.15 bits per heavy atom. The highest BCUT2D eigenvalue weighted by Crippen LogP contribution is 2.30. The second-order valence-electron chi connectivity index (χ2n) is 7.22. The molecule has 0 bridgehead atoms. The first-order chi connectivity index (χ1) is 12.9. The number of para-hydroxylation sites is 1. The summed E-state index contributed by atoms with van der Waals surface area (Å²) in [7, 11) is 0. The third-order valence-corrected chi connectivity index (χ3v) is 5.08. The van der Waals surface area contributed by atoms with Crippen molar-refractivity contribution in [2.45, 2.75) is 46.1 Å². The van der Waals surface area contributed by atoms with Gasteiger partial charge in [-0.1, -0.05) is 24.3 Å². The number of benzene rings is 2. The van der Waals surface area contributed by atoms with Crippen molar-refractivity contribution in [2.75, 3.05) is 22.1 Å². The van der Waals surface area contributed by atoms with Gasteiger partial charge in [0.05, 0.1) is 0 Å². The fourth-order valence-corrected chi connectivity index (χ4v) is 3.57. The Morgan fingerprint density at radius 3 is 2.70 bits per heavy atom. The molecule has 0 aromatic heterocycles. The topological polar surface area (TPSA) is 61.4 Å². The minimum Gasteiger partial charge on any atom is -0.368 e. The predicted octanol–water partition coefficient (Wildman–Crippen LogP) is 4.12. The van der Waals surface area contributed by atoms with Crippen molar-refractivity contribution in [3.8, 4) is 0 Å². The Labute approximate surface area is 160 Å². The highest BCUT2D eigenvalue weighted by Gasteiger charge is 2.22. The number of aryl methyl sites for hydroxylation is 2. The third-order valence-electron chi connectivity index (χ3n) is 5.08. The van der Waals surface area contributed by atoms with Gasteiger partial charge in [-0.25, -0.2) is 0 Å². The summed E-state index contributed by atoms with van der Waals surface area (Å²) in [6, 6.07) is 14.4. The molecule has 0 aliphatic carbocycles.